The summed E-state index contributed by atoms with van der Waals surface area (Å²) in [5.74, 6) is -1.95. The number of nitrogens with one attached hydrogen (secondary N) is 1. The number of amides is 3. The Hall–Kier alpha value is -2.17. The fourth-order valence-corrected chi connectivity index (χ4v) is 2.66. The average molecular weight is 378 g/mol. The molecule has 0 saturated carbocycles. The minimum absolute atomic E-state index is 0.0554. The second-order valence-corrected chi connectivity index (χ2v) is 7.39. The zero-order chi connectivity index (χ0) is 18.7. The number of halogens is 1. The van der Waals surface area contributed by atoms with Crippen molar-refractivity contribution in [3.05, 3.63) is 28.8 Å². The molecule has 1 aromatic rings. The van der Waals surface area contributed by atoms with E-state index in [-0.39, 0.29) is 15.5 Å². The second kappa shape index (κ2) is 7.60. The van der Waals surface area contributed by atoms with Gasteiger partial charge in [0.1, 0.15) is 0 Å². The highest BCUT2D eigenvalue weighted by Crippen LogP contribution is 2.23. The van der Waals surface area contributed by atoms with Crippen LogP contribution >= 0.6 is 11.6 Å². The van der Waals surface area contributed by atoms with Crippen LogP contribution in [0.15, 0.2) is 23.1 Å². The fourth-order valence-electron chi connectivity index (χ4n) is 1.53. The Kier molecular flexibility index (Phi) is 6.29. The molecule has 0 bridgehead atoms. The van der Waals surface area contributed by atoms with Gasteiger partial charge in [-0.3, -0.25) is 10.1 Å². The number of hydrogen-bond acceptors (Lipinski definition) is 6. The van der Waals surface area contributed by atoms with Crippen LogP contribution in [0, 0.1) is 0 Å². The minimum Gasteiger partial charge on any atom is -0.449 e. The Morgan fingerprint density at radius 3 is 2.38 bits per heavy atom. The highest BCUT2D eigenvalue weighted by atomic mass is 35.5. The van der Waals surface area contributed by atoms with Gasteiger partial charge in [-0.15, -0.1) is 0 Å². The molecule has 0 spiro atoms. The van der Waals surface area contributed by atoms with Gasteiger partial charge in [-0.2, -0.15) is 0 Å². The summed E-state index contributed by atoms with van der Waals surface area (Å²) < 4.78 is 30.0. The van der Waals surface area contributed by atoms with Crippen LogP contribution in [0.3, 0.4) is 0 Å². The Morgan fingerprint density at radius 1 is 1.29 bits per heavy atom. The number of ether oxygens (including phenoxy) is 1. The molecule has 1 atom stereocenters. The number of primary amides is 1. The third-order valence-electron chi connectivity index (χ3n) is 2.84. The number of sulfonamides is 1. The number of nitrogens with two attached hydrogens (primary N) is 1. The van der Waals surface area contributed by atoms with Crippen molar-refractivity contribution in [2.45, 2.75) is 17.9 Å². The third-order valence-corrected chi connectivity index (χ3v) is 4.98. The number of esters is 1. The second-order valence-electron chi connectivity index (χ2n) is 4.83. The lowest BCUT2D eigenvalue weighted by molar-refractivity contribution is -0.127. The Labute approximate surface area is 143 Å². The van der Waals surface area contributed by atoms with Crippen molar-refractivity contribution in [3.8, 4) is 0 Å². The number of rotatable bonds is 5. The first-order valence-electron chi connectivity index (χ1n) is 6.50. The monoisotopic (exact) mass is 377 g/mol. The topological polar surface area (TPSA) is 136 Å². The van der Waals surface area contributed by atoms with Crippen LogP contribution in [0.4, 0.5) is 4.79 Å². The summed E-state index contributed by atoms with van der Waals surface area (Å²) in [4.78, 5) is 34.0. The van der Waals surface area contributed by atoms with E-state index in [1.165, 1.54) is 33.2 Å². The highest BCUT2D eigenvalue weighted by Gasteiger charge is 2.24. The van der Waals surface area contributed by atoms with Crippen LogP contribution < -0.4 is 11.1 Å². The molecule has 0 aliphatic carbocycles. The summed E-state index contributed by atoms with van der Waals surface area (Å²) in [5.41, 5.74) is 4.55. The molecule has 0 aliphatic rings. The summed E-state index contributed by atoms with van der Waals surface area (Å²) in [5, 5.41) is 1.70. The van der Waals surface area contributed by atoms with Gasteiger partial charge in [0.25, 0.3) is 5.91 Å². The molecule has 24 heavy (non-hydrogen) atoms. The summed E-state index contributed by atoms with van der Waals surface area (Å²) in [6, 6.07) is 2.40. The molecule has 0 aliphatic heterocycles. The van der Waals surface area contributed by atoms with E-state index in [9.17, 15) is 22.8 Å². The number of imide groups is 1. The normalized spacial score (nSPS) is 12.5. The summed E-state index contributed by atoms with van der Waals surface area (Å²) in [6.07, 6.45) is -1.34. The molecule has 9 nitrogen and oxygen atoms in total. The molecule has 0 unspecified atom stereocenters. The third kappa shape index (κ3) is 4.66. The first-order chi connectivity index (χ1) is 11.0. The molecule has 0 heterocycles. The van der Waals surface area contributed by atoms with Gasteiger partial charge in [-0.05, 0) is 25.1 Å². The van der Waals surface area contributed by atoms with Crippen LogP contribution in [0.2, 0.25) is 5.02 Å². The van der Waals surface area contributed by atoms with Gasteiger partial charge < -0.3 is 10.5 Å². The van der Waals surface area contributed by atoms with Crippen LogP contribution in [-0.4, -0.2) is 50.8 Å². The van der Waals surface area contributed by atoms with Gasteiger partial charge in [-0.25, -0.2) is 22.3 Å². The van der Waals surface area contributed by atoms with Gasteiger partial charge in [0.05, 0.1) is 15.5 Å². The maximum absolute atomic E-state index is 12.1. The quantitative estimate of drug-likeness (QED) is 0.709. The predicted molar refractivity (Wildman–Crippen MR) is 84.9 cm³/mol. The van der Waals surface area contributed by atoms with Crippen LogP contribution in [0.25, 0.3) is 0 Å². The van der Waals surface area contributed by atoms with Crippen LogP contribution in [-0.2, 0) is 19.6 Å². The smallest absolute Gasteiger partial charge is 0.340 e. The molecule has 1 aromatic carbocycles. The summed E-state index contributed by atoms with van der Waals surface area (Å²) >= 11 is 5.88. The van der Waals surface area contributed by atoms with Gasteiger partial charge in [-0.1, -0.05) is 11.6 Å². The molecule has 1 rings (SSSR count). The van der Waals surface area contributed by atoms with E-state index in [0.717, 1.165) is 10.4 Å². The van der Waals surface area contributed by atoms with Crippen LogP contribution in [0.1, 0.15) is 17.3 Å². The summed E-state index contributed by atoms with van der Waals surface area (Å²) in [6.45, 7) is 1.21. The SMILES string of the molecule is C[C@@H](OC(=O)c1cc(S(=O)(=O)N(C)C)ccc1Cl)C(=O)NC(N)=O. The average Bonchev–Trinajstić information content (AvgIpc) is 2.46. The van der Waals surface area contributed by atoms with E-state index < -0.39 is 34.0 Å². The Bertz CT molecular complexity index is 778. The standard InChI is InChI=1S/C13H16ClN3O6S/c1-7(11(18)16-13(15)20)23-12(19)9-6-8(4-5-10(9)14)24(21,22)17(2)3/h4-7H,1-3H3,(H3,15,16,18,20)/t7-/m1/s1. The molecule has 0 fully saturated rings. The number of urea groups is 1. The molecule has 11 heteroatoms. The zero-order valence-corrected chi connectivity index (χ0v) is 14.6. The van der Waals surface area contributed by atoms with E-state index in [4.69, 9.17) is 22.1 Å². The van der Waals surface area contributed by atoms with E-state index >= 15 is 0 Å². The zero-order valence-electron chi connectivity index (χ0n) is 13.1. The number of hydrogen-bond donors (Lipinski definition) is 2. The lowest BCUT2D eigenvalue weighted by Crippen LogP contribution is -2.42. The first-order valence-corrected chi connectivity index (χ1v) is 8.32. The minimum atomic E-state index is -3.78. The van der Waals surface area contributed by atoms with Crippen molar-refractivity contribution in [3.63, 3.8) is 0 Å². The molecule has 3 amide bonds. The lowest BCUT2D eigenvalue weighted by atomic mass is 10.2. The lowest BCUT2D eigenvalue weighted by Gasteiger charge is -2.15. The maximum Gasteiger partial charge on any atom is 0.340 e. The maximum atomic E-state index is 12.1. The van der Waals surface area contributed by atoms with Crippen molar-refractivity contribution in [1.82, 2.24) is 9.62 Å². The van der Waals surface area contributed by atoms with Crippen LogP contribution in [0.5, 0.6) is 0 Å². The van der Waals surface area contributed by atoms with Gasteiger partial charge in [0.15, 0.2) is 6.10 Å². The largest absolute Gasteiger partial charge is 0.449 e. The first kappa shape index (κ1) is 19.9. The molecule has 0 aromatic heterocycles. The molecule has 3 N–H and O–H groups in total. The van der Waals surface area contributed by atoms with E-state index in [1.807, 2.05) is 0 Å². The van der Waals surface area contributed by atoms with E-state index in [1.54, 1.807) is 5.32 Å². The van der Waals surface area contributed by atoms with Crippen molar-refractivity contribution in [2.24, 2.45) is 5.73 Å². The van der Waals surface area contributed by atoms with Crippen molar-refractivity contribution < 1.29 is 27.5 Å². The molecular weight excluding hydrogens is 362 g/mol. The molecule has 0 saturated heterocycles. The van der Waals surface area contributed by atoms with E-state index in [0.29, 0.717) is 0 Å². The summed E-state index contributed by atoms with van der Waals surface area (Å²) in [7, 11) is -1.12. The van der Waals surface area contributed by atoms with Crippen molar-refractivity contribution in [1.29, 1.82) is 0 Å². The van der Waals surface area contributed by atoms with Gasteiger partial charge >= 0.3 is 12.0 Å². The van der Waals surface area contributed by atoms with Gasteiger partial charge in [0.2, 0.25) is 10.0 Å². The number of benzene rings is 1. The number of carbonyl (C=O) groups excluding carboxylic acids is 3. The van der Waals surface area contributed by atoms with E-state index in [2.05, 4.69) is 0 Å². The van der Waals surface area contributed by atoms with Gasteiger partial charge in [0, 0.05) is 14.1 Å². The molecule has 0 radical (unpaired) electrons. The van der Waals surface area contributed by atoms with Crippen molar-refractivity contribution >= 4 is 39.5 Å². The Balaban J connectivity index is 3.07. The number of carbonyl (C=O) groups is 3. The highest BCUT2D eigenvalue weighted by molar-refractivity contribution is 7.89. The van der Waals surface area contributed by atoms with Crippen molar-refractivity contribution in [2.75, 3.05) is 14.1 Å². The molecular formula is C13H16ClN3O6S. The number of nitrogens with zero attached hydrogens (tertiary/aromatic N) is 1. The molecule has 132 valence electrons. The Morgan fingerprint density at radius 2 is 1.88 bits per heavy atom. The predicted octanol–water partition coefficient (Wildman–Crippen LogP) is 0.330. The fraction of sp³-hybridized carbons (Fsp3) is 0.308.